The van der Waals surface area contributed by atoms with Crippen molar-refractivity contribution in [3.63, 3.8) is 0 Å². The van der Waals surface area contributed by atoms with Crippen LogP contribution in [0.4, 0.5) is 0 Å². The lowest BCUT2D eigenvalue weighted by Gasteiger charge is -2.44. The Hall–Kier alpha value is 0. The molecular weight excluding hydrogens is 168 g/mol. The fraction of sp³-hybridized carbons (Fsp3) is 0.929. The van der Waals surface area contributed by atoms with Crippen molar-refractivity contribution >= 4 is 0 Å². The molecule has 0 saturated heterocycles. The molecule has 2 saturated carbocycles. The van der Waals surface area contributed by atoms with Gasteiger partial charge >= 0.3 is 0 Å². The zero-order valence-corrected chi connectivity index (χ0v) is 10.1. The smallest absolute Gasteiger partial charge is 0.0174 e. The summed E-state index contributed by atoms with van der Waals surface area (Å²) in [7, 11) is 0. The average Bonchev–Trinajstić information content (AvgIpc) is 2.00. The summed E-state index contributed by atoms with van der Waals surface area (Å²) in [4.78, 5) is 0. The van der Waals surface area contributed by atoms with E-state index in [1.54, 1.807) is 0 Å². The Bertz CT molecular complexity index is 178. The fourth-order valence-corrected chi connectivity index (χ4v) is 3.32. The zero-order chi connectivity index (χ0) is 10.1. The van der Waals surface area contributed by atoms with Crippen LogP contribution < -0.4 is 0 Å². The highest BCUT2D eigenvalue weighted by Gasteiger charge is 2.38. The third kappa shape index (κ3) is 1.99. The third-order valence-corrected chi connectivity index (χ3v) is 4.47. The minimum Gasteiger partial charge on any atom is -0.0625 e. The number of hydrogen-bond acceptors (Lipinski definition) is 0. The fourth-order valence-electron chi connectivity index (χ4n) is 3.32. The molecule has 0 N–H and O–H groups in total. The van der Waals surface area contributed by atoms with Crippen molar-refractivity contribution in [1.82, 2.24) is 0 Å². The molecule has 2 aliphatic rings. The lowest BCUT2D eigenvalue weighted by atomic mass is 9.61. The molecular formula is C14H25. The van der Waals surface area contributed by atoms with Crippen LogP contribution in [-0.2, 0) is 0 Å². The monoisotopic (exact) mass is 193 g/mol. The van der Waals surface area contributed by atoms with Gasteiger partial charge < -0.3 is 0 Å². The van der Waals surface area contributed by atoms with Gasteiger partial charge in [0.05, 0.1) is 0 Å². The molecule has 0 aromatic heterocycles. The topological polar surface area (TPSA) is 0 Å². The molecule has 0 aliphatic heterocycles. The van der Waals surface area contributed by atoms with E-state index >= 15 is 0 Å². The molecule has 0 nitrogen and oxygen atoms in total. The molecule has 2 unspecified atom stereocenters. The Morgan fingerprint density at radius 3 is 2.29 bits per heavy atom. The normalized spacial score (nSPS) is 36.0. The molecule has 81 valence electrons. The molecule has 1 radical (unpaired) electrons. The SMILES string of the molecule is CC1CCC(C(C)C)[C](C2CCC2)C1. The Labute approximate surface area is 89.5 Å². The third-order valence-electron chi connectivity index (χ3n) is 4.47. The van der Waals surface area contributed by atoms with Crippen LogP contribution in [0.5, 0.6) is 0 Å². The minimum atomic E-state index is 0.887. The van der Waals surface area contributed by atoms with E-state index in [2.05, 4.69) is 20.8 Å². The van der Waals surface area contributed by atoms with Gasteiger partial charge in [-0.25, -0.2) is 0 Å². The summed E-state index contributed by atoms with van der Waals surface area (Å²) >= 11 is 0. The number of hydrogen-bond donors (Lipinski definition) is 0. The molecule has 0 heterocycles. The van der Waals surface area contributed by atoms with Crippen LogP contribution in [-0.4, -0.2) is 0 Å². The van der Waals surface area contributed by atoms with Crippen molar-refractivity contribution in [1.29, 1.82) is 0 Å². The molecule has 0 aromatic rings. The van der Waals surface area contributed by atoms with Gasteiger partial charge in [0.1, 0.15) is 0 Å². The van der Waals surface area contributed by atoms with Gasteiger partial charge in [-0.1, -0.05) is 33.6 Å². The quantitative estimate of drug-likeness (QED) is 0.607. The zero-order valence-electron chi connectivity index (χ0n) is 10.1. The highest BCUT2D eigenvalue weighted by atomic mass is 14.4. The van der Waals surface area contributed by atoms with Gasteiger partial charge in [0.25, 0.3) is 0 Å². The molecule has 14 heavy (non-hydrogen) atoms. The molecule has 2 fully saturated rings. The van der Waals surface area contributed by atoms with Gasteiger partial charge in [0.15, 0.2) is 0 Å². The van der Waals surface area contributed by atoms with Crippen LogP contribution >= 0.6 is 0 Å². The van der Waals surface area contributed by atoms with Crippen molar-refractivity contribution in [2.75, 3.05) is 0 Å². The van der Waals surface area contributed by atoms with Crippen LogP contribution in [0.25, 0.3) is 0 Å². The Kier molecular flexibility index (Phi) is 3.19. The number of rotatable bonds is 2. The van der Waals surface area contributed by atoms with Gasteiger partial charge in [-0.3, -0.25) is 0 Å². The summed E-state index contributed by atoms with van der Waals surface area (Å²) in [5.74, 6) is 5.82. The highest BCUT2D eigenvalue weighted by Crippen LogP contribution is 2.49. The van der Waals surface area contributed by atoms with Crippen molar-refractivity contribution in [3.05, 3.63) is 5.92 Å². The molecule has 0 bridgehead atoms. The second-order valence-corrected chi connectivity index (χ2v) is 5.94. The van der Waals surface area contributed by atoms with Crippen molar-refractivity contribution < 1.29 is 0 Å². The Morgan fingerprint density at radius 2 is 1.79 bits per heavy atom. The van der Waals surface area contributed by atoms with Crippen molar-refractivity contribution in [2.45, 2.75) is 59.3 Å². The first-order chi connectivity index (χ1) is 6.68. The van der Waals surface area contributed by atoms with E-state index in [1.807, 2.05) is 5.92 Å². The summed E-state index contributed by atoms with van der Waals surface area (Å²) in [5.41, 5.74) is 0. The van der Waals surface area contributed by atoms with E-state index in [-0.39, 0.29) is 0 Å². The molecule has 0 aromatic carbocycles. The second kappa shape index (κ2) is 4.24. The Morgan fingerprint density at radius 1 is 1.07 bits per heavy atom. The van der Waals surface area contributed by atoms with Gasteiger partial charge in [-0.2, -0.15) is 0 Å². The first-order valence-electron chi connectivity index (χ1n) is 6.54. The molecule has 2 rings (SSSR count). The summed E-state index contributed by atoms with van der Waals surface area (Å²) < 4.78 is 0. The van der Waals surface area contributed by atoms with Crippen LogP contribution in [0, 0.1) is 29.6 Å². The van der Waals surface area contributed by atoms with Gasteiger partial charge in [0, 0.05) is 0 Å². The maximum atomic E-state index is 2.44. The van der Waals surface area contributed by atoms with Crippen LogP contribution in [0.3, 0.4) is 0 Å². The van der Waals surface area contributed by atoms with Crippen LogP contribution in [0.2, 0.25) is 0 Å². The largest absolute Gasteiger partial charge is 0.0625 e. The standard InChI is InChI=1S/C14H25/c1-10(2)13-8-7-11(3)9-14(13)12-5-4-6-12/h10-13H,4-9H2,1-3H3. The molecule has 0 heteroatoms. The van der Waals surface area contributed by atoms with Crippen LogP contribution in [0.15, 0.2) is 0 Å². The summed E-state index contributed by atoms with van der Waals surface area (Å²) in [6.45, 7) is 7.27. The van der Waals surface area contributed by atoms with Gasteiger partial charge in [-0.15, -0.1) is 0 Å². The lowest BCUT2D eigenvalue weighted by Crippen LogP contribution is -2.34. The predicted octanol–water partition coefficient (Wildman–Crippen LogP) is 4.45. The first-order valence-corrected chi connectivity index (χ1v) is 6.54. The lowest BCUT2D eigenvalue weighted by molar-refractivity contribution is 0.179. The maximum Gasteiger partial charge on any atom is -0.0174 e. The van der Waals surface area contributed by atoms with Gasteiger partial charge in [-0.05, 0) is 55.3 Å². The van der Waals surface area contributed by atoms with Crippen molar-refractivity contribution in [3.8, 4) is 0 Å². The molecule has 2 aliphatic carbocycles. The first kappa shape index (κ1) is 10.5. The van der Waals surface area contributed by atoms with E-state index in [0.717, 1.165) is 23.7 Å². The van der Waals surface area contributed by atoms with Gasteiger partial charge in [0.2, 0.25) is 0 Å². The van der Waals surface area contributed by atoms with E-state index in [1.165, 1.54) is 38.5 Å². The predicted molar refractivity (Wildman–Crippen MR) is 61.9 cm³/mol. The van der Waals surface area contributed by atoms with Crippen molar-refractivity contribution in [2.24, 2.45) is 23.7 Å². The maximum absolute atomic E-state index is 2.44. The van der Waals surface area contributed by atoms with E-state index in [0.29, 0.717) is 0 Å². The van der Waals surface area contributed by atoms with E-state index in [4.69, 9.17) is 0 Å². The van der Waals surface area contributed by atoms with E-state index < -0.39 is 0 Å². The summed E-state index contributed by atoms with van der Waals surface area (Å²) in [6, 6.07) is 0. The molecule has 2 atom stereocenters. The second-order valence-electron chi connectivity index (χ2n) is 5.94. The minimum absolute atomic E-state index is 0.887. The molecule has 0 amide bonds. The highest BCUT2D eigenvalue weighted by molar-refractivity contribution is 5.08. The van der Waals surface area contributed by atoms with E-state index in [9.17, 15) is 0 Å². The summed E-state index contributed by atoms with van der Waals surface area (Å²) in [6.07, 6.45) is 8.90. The summed E-state index contributed by atoms with van der Waals surface area (Å²) in [5, 5.41) is 0. The Balaban J connectivity index is 1.99. The van der Waals surface area contributed by atoms with Crippen LogP contribution in [0.1, 0.15) is 59.3 Å². The molecule has 0 spiro atoms. The average molecular weight is 193 g/mol.